The van der Waals surface area contributed by atoms with Crippen LogP contribution in [0.4, 0.5) is 0 Å². The molecule has 28 heavy (non-hydrogen) atoms. The van der Waals surface area contributed by atoms with Gasteiger partial charge in [0, 0.05) is 18.5 Å². The van der Waals surface area contributed by atoms with Crippen LogP contribution in [0.2, 0.25) is 0 Å². The zero-order valence-electron chi connectivity index (χ0n) is 15.4. The molecule has 0 N–H and O–H groups in total. The quantitative estimate of drug-likeness (QED) is 0.728. The van der Waals surface area contributed by atoms with Crippen molar-refractivity contribution in [3.05, 3.63) is 45.9 Å². The molecule has 0 bridgehead atoms. The van der Waals surface area contributed by atoms with Gasteiger partial charge in [0.1, 0.15) is 0 Å². The highest BCUT2D eigenvalue weighted by atomic mass is 32.2. The smallest absolute Gasteiger partial charge is 0.244 e. The van der Waals surface area contributed by atoms with Crippen LogP contribution in [-0.4, -0.2) is 48.8 Å². The zero-order chi connectivity index (χ0) is 19.7. The summed E-state index contributed by atoms with van der Waals surface area (Å²) in [4.78, 5) is 4.73. The van der Waals surface area contributed by atoms with Crippen LogP contribution in [0.1, 0.15) is 35.5 Å². The molecule has 0 amide bonds. The van der Waals surface area contributed by atoms with E-state index in [9.17, 15) is 16.8 Å². The molecule has 1 aromatic heterocycles. The van der Waals surface area contributed by atoms with E-state index in [1.54, 1.807) is 12.1 Å². The number of aromatic nitrogens is 1. The molecule has 1 spiro atoms. The Hall–Kier alpha value is -1.33. The van der Waals surface area contributed by atoms with Gasteiger partial charge in [-0.25, -0.2) is 21.8 Å². The minimum atomic E-state index is -3.72. The molecule has 10 heteroatoms. The molecule has 2 fully saturated rings. The molecule has 2 aliphatic heterocycles. The molecule has 3 aliphatic rings. The number of rotatable bonds is 4. The van der Waals surface area contributed by atoms with E-state index in [-0.39, 0.29) is 23.2 Å². The van der Waals surface area contributed by atoms with Crippen molar-refractivity contribution in [2.75, 3.05) is 13.1 Å². The number of benzene rings is 1. The van der Waals surface area contributed by atoms with Crippen LogP contribution in [0.3, 0.4) is 0 Å². The topological polar surface area (TPSA) is 87.7 Å². The van der Waals surface area contributed by atoms with Gasteiger partial charge in [0.25, 0.3) is 0 Å². The van der Waals surface area contributed by atoms with Gasteiger partial charge < -0.3 is 0 Å². The number of nitrogens with zero attached hydrogens (tertiary/aromatic N) is 3. The van der Waals surface area contributed by atoms with Gasteiger partial charge >= 0.3 is 0 Å². The van der Waals surface area contributed by atoms with Gasteiger partial charge in [0.2, 0.25) is 20.0 Å². The third kappa shape index (κ3) is 2.62. The standard InChI is InChI=1S/C18H21N3O4S3/c1-13-19-14(11-26-13)10-21-18(16-4-2-3-5-17(16)28(21,24)25)8-9-20(12-18)27(22,23)15-6-7-15/h2-5,11,15H,6-10,12H2,1H3. The monoisotopic (exact) mass is 439 g/mol. The number of hydrogen-bond donors (Lipinski definition) is 0. The molecule has 150 valence electrons. The maximum absolute atomic E-state index is 13.4. The van der Waals surface area contributed by atoms with E-state index < -0.39 is 25.6 Å². The first kappa shape index (κ1) is 18.7. The van der Waals surface area contributed by atoms with Crippen molar-refractivity contribution in [1.82, 2.24) is 13.6 Å². The largest absolute Gasteiger partial charge is 0.245 e. The lowest BCUT2D eigenvalue weighted by molar-refractivity contribution is 0.202. The average Bonchev–Trinajstić information content (AvgIpc) is 3.26. The molecular weight excluding hydrogens is 418 g/mol. The van der Waals surface area contributed by atoms with Gasteiger partial charge in [0.05, 0.1) is 32.9 Å². The fraction of sp³-hybridized carbons (Fsp3) is 0.500. The van der Waals surface area contributed by atoms with Crippen LogP contribution in [-0.2, 0) is 32.1 Å². The van der Waals surface area contributed by atoms with Crippen LogP contribution in [0.25, 0.3) is 0 Å². The van der Waals surface area contributed by atoms with Gasteiger partial charge in [-0.05, 0) is 37.8 Å². The van der Waals surface area contributed by atoms with Crippen molar-refractivity contribution in [2.24, 2.45) is 0 Å². The van der Waals surface area contributed by atoms with E-state index in [0.717, 1.165) is 5.01 Å². The fourth-order valence-electron chi connectivity index (χ4n) is 4.40. The normalized spacial score (nSPS) is 27.5. The summed E-state index contributed by atoms with van der Waals surface area (Å²) in [7, 11) is -7.09. The van der Waals surface area contributed by atoms with Crippen molar-refractivity contribution in [1.29, 1.82) is 0 Å². The Bertz CT molecular complexity index is 1150. The second kappa shape index (κ2) is 6.09. The molecule has 0 radical (unpaired) electrons. The molecule has 1 unspecified atom stereocenters. The molecule has 1 saturated carbocycles. The highest BCUT2D eigenvalue weighted by Gasteiger charge is 2.59. The maximum Gasteiger partial charge on any atom is 0.244 e. The van der Waals surface area contributed by atoms with Crippen LogP contribution in [0.15, 0.2) is 34.5 Å². The third-order valence-corrected chi connectivity index (χ3v) is 11.1. The van der Waals surface area contributed by atoms with E-state index in [1.165, 1.54) is 19.9 Å². The zero-order valence-corrected chi connectivity index (χ0v) is 17.9. The van der Waals surface area contributed by atoms with Crippen molar-refractivity contribution in [3.63, 3.8) is 0 Å². The Morgan fingerprint density at radius 1 is 1.29 bits per heavy atom. The summed E-state index contributed by atoms with van der Waals surface area (Å²) in [5, 5.41) is 2.45. The van der Waals surface area contributed by atoms with Crippen molar-refractivity contribution in [2.45, 2.75) is 48.4 Å². The summed E-state index contributed by atoms with van der Waals surface area (Å²) in [5.74, 6) is 0. The summed E-state index contributed by atoms with van der Waals surface area (Å²) in [6.45, 7) is 2.55. The molecule has 5 rings (SSSR count). The highest BCUT2D eigenvalue weighted by molar-refractivity contribution is 7.90. The molecule has 3 heterocycles. The SMILES string of the molecule is Cc1nc(CN2C3(CCN(S(=O)(=O)C4CC4)C3)c3ccccc3S2(=O)=O)cs1. The van der Waals surface area contributed by atoms with E-state index in [0.29, 0.717) is 37.1 Å². The van der Waals surface area contributed by atoms with Crippen LogP contribution in [0, 0.1) is 6.92 Å². The Morgan fingerprint density at radius 2 is 2.04 bits per heavy atom. The summed E-state index contributed by atoms with van der Waals surface area (Å²) < 4.78 is 55.4. The second-order valence-electron chi connectivity index (χ2n) is 7.73. The predicted octanol–water partition coefficient (Wildman–Crippen LogP) is 2.05. The van der Waals surface area contributed by atoms with Gasteiger partial charge in [-0.3, -0.25) is 0 Å². The predicted molar refractivity (Wildman–Crippen MR) is 106 cm³/mol. The van der Waals surface area contributed by atoms with Gasteiger partial charge in [0.15, 0.2) is 0 Å². The lowest BCUT2D eigenvalue weighted by Crippen LogP contribution is -2.46. The Kier molecular flexibility index (Phi) is 4.06. The van der Waals surface area contributed by atoms with Crippen molar-refractivity contribution < 1.29 is 16.8 Å². The number of sulfonamides is 2. The second-order valence-corrected chi connectivity index (χ2v) is 12.8. The molecule has 7 nitrogen and oxygen atoms in total. The first-order valence-electron chi connectivity index (χ1n) is 9.27. The van der Waals surface area contributed by atoms with Gasteiger partial charge in [-0.15, -0.1) is 11.3 Å². The molecule has 1 aromatic carbocycles. The Labute approximate surface area is 169 Å². The summed E-state index contributed by atoms with van der Waals surface area (Å²) >= 11 is 1.48. The van der Waals surface area contributed by atoms with Gasteiger partial charge in [-0.2, -0.15) is 8.61 Å². The minimum Gasteiger partial charge on any atom is -0.245 e. The molecular formula is C18H21N3O4S3. The van der Waals surface area contributed by atoms with E-state index in [4.69, 9.17) is 0 Å². The molecule has 1 saturated heterocycles. The third-order valence-electron chi connectivity index (χ3n) is 5.92. The summed E-state index contributed by atoms with van der Waals surface area (Å²) in [5.41, 5.74) is 0.534. The maximum atomic E-state index is 13.4. The number of fused-ring (bicyclic) bond motifs is 2. The lowest BCUT2D eigenvalue weighted by atomic mass is 9.89. The molecule has 1 atom stereocenters. The molecule has 2 aromatic rings. The van der Waals surface area contributed by atoms with Crippen LogP contribution < -0.4 is 0 Å². The summed E-state index contributed by atoms with van der Waals surface area (Å²) in [6.07, 6.45) is 1.85. The van der Waals surface area contributed by atoms with E-state index in [1.807, 2.05) is 24.4 Å². The highest BCUT2D eigenvalue weighted by Crippen LogP contribution is 2.51. The molecule has 1 aliphatic carbocycles. The van der Waals surface area contributed by atoms with E-state index in [2.05, 4.69) is 4.98 Å². The Morgan fingerprint density at radius 3 is 2.71 bits per heavy atom. The first-order valence-corrected chi connectivity index (χ1v) is 13.1. The minimum absolute atomic E-state index is 0.151. The fourth-order valence-corrected chi connectivity index (χ4v) is 8.93. The Balaban J connectivity index is 1.61. The van der Waals surface area contributed by atoms with Crippen LogP contribution >= 0.6 is 11.3 Å². The van der Waals surface area contributed by atoms with Crippen molar-refractivity contribution in [3.8, 4) is 0 Å². The number of thiazole rings is 1. The number of hydrogen-bond acceptors (Lipinski definition) is 6. The number of aryl methyl sites for hydroxylation is 1. The average molecular weight is 440 g/mol. The van der Waals surface area contributed by atoms with Crippen molar-refractivity contribution >= 4 is 31.4 Å². The van der Waals surface area contributed by atoms with E-state index >= 15 is 0 Å². The van der Waals surface area contributed by atoms with Crippen LogP contribution in [0.5, 0.6) is 0 Å². The van der Waals surface area contributed by atoms with Gasteiger partial charge in [-0.1, -0.05) is 18.2 Å². The summed E-state index contributed by atoms with van der Waals surface area (Å²) in [6, 6.07) is 6.99. The first-order chi connectivity index (χ1) is 13.2. The lowest BCUT2D eigenvalue weighted by Gasteiger charge is -2.33.